The number of nitrogens with zero attached hydrogens (tertiary/aromatic N) is 2. The van der Waals surface area contributed by atoms with Gasteiger partial charge in [-0.3, -0.25) is 4.79 Å². The summed E-state index contributed by atoms with van der Waals surface area (Å²) in [6.45, 7) is 6.27. The molecule has 4 nitrogen and oxygen atoms in total. The molecule has 88 valence electrons. The molecular formula is C13H15N3O. The van der Waals surface area contributed by atoms with E-state index in [0.29, 0.717) is 12.1 Å². The zero-order valence-corrected chi connectivity index (χ0v) is 10.2. The van der Waals surface area contributed by atoms with E-state index in [4.69, 9.17) is 5.26 Å². The fourth-order valence-corrected chi connectivity index (χ4v) is 2.25. The quantitative estimate of drug-likeness (QED) is 0.741. The molecule has 1 aliphatic rings. The summed E-state index contributed by atoms with van der Waals surface area (Å²) in [5, 5.41) is 12.1. The third kappa shape index (κ3) is 1.84. The van der Waals surface area contributed by atoms with Gasteiger partial charge in [-0.15, -0.1) is 0 Å². The molecule has 1 N–H and O–H groups in total. The Morgan fingerprint density at radius 1 is 1.53 bits per heavy atom. The summed E-state index contributed by atoms with van der Waals surface area (Å²) in [5.74, 6) is 0.0162. The number of carbonyl (C=O) groups is 1. The SMILES string of the molecule is CC(=O)N1c2ccc(C#N)cc2NCC1(C)C. The van der Waals surface area contributed by atoms with Gasteiger partial charge in [-0.05, 0) is 32.0 Å². The molecule has 1 aromatic carbocycles. The Morgan fingerprint density at radius 3 is 2.82 bits per heavy atom. The highest BCUT2D eigenvalue weighted by atomic mass is 16.2. The van der Waals surface area contributed by atoms with Gasteiger partial charge in [0.25, 0.3) is 0 Å². The smallest absolute Gasteiger partial charge is 0.224 e. The molecule has 4 heteroatoms. The van der Waals surface area contributed by atoms with Gasteiger partial charge in [-0.2, -0.15) is 5.26 Å². The second-order valence-electron chi connectivity index (χ2n) is 4.86. The molecule has 1 aromatic rings. The standard InChI is InChI=1S/C13H15N3O/c1-9(17)16-12-5-4-10(7-14)6-11(12)15-8-13(16,2)3/h4-6,15H,8H2,1-3H3. The molecular weight excluding hydrogens is 214 g/mol. The van der Waals surface area contributed by atoms with Crippen molar-refractivity contribution in [1.82, 2.24) is 0 Å². The first-order valence-electron chi connectivity index (χ1n) is 5.54. The van der Waals surface area contributed by atoms with Crippen LogP contribution in [0.25, 0.3) is 0 Å². The van der Waals surface area contributed by atoms with E-state index in [0.717, 1.165) is 11.4 Å². The second-order valence-corrected chi connectivity index (χ2v) is 4.86. The highest BCUT2D eigenvalue weighted by molar-refractivity contribution is 5.98. The molecule has 17 heavy (non-hydrogen) atoms. The van der Waals surface area contributed by atoms with Gasteiger partial charge in [-0.25, -0.2) is 0 Å². The maximum absolute atomic E-state index is 11.8. The van der Waals surface area contributed by atoms with E-state index >= 15 is 0 Å². The van der Waals surface area contributed by atoms with Crippen molar-refractivity contribution in [3.63, 3.8) is 0 Å². The summed E-state index contributed by atoms with van der Waals surface area (Å²) in [6.07, 6.45) is 0. The lowest BCUT2D eigenvalue weighted by Gasteiger charge is -2.43. The molecule has 0 fully saturated rings. The Balaban J connectivity index is 2.55. The van der Waals surface area contributed by atoms with E-state index in [1.807, 2.05) is 19.9 Å². The van der Waals surface area contributed by atoms with Crippen molar-refractivity contribution in [2.24, 2.45) is 0 Å². The normalized spacial score (nSPS) is 16.7. The number of carbonyl (C=O) groups excluding carboxylic acids is 1. The number of rotatable bonds is 0. The van der Waals surface area contributed by atoms with Crippen LogP contribution in [0.15, 0.2) is 18.2 Å². The minimum absolute atomic E-state index is 0.0162. The van der Waals surface area contributed by atoms with Crippen molar-refractivity contribution in [3.05, 3.63) is 23.8 Å². The monoisotopic (exact) mass is 229 g/mol. The van der Waals surface area contributed by atoms with E-state index in [1.165, 1.54) is 0 Å². The number of amides is 1. The lowest BCUT2D eigenvalue weighted by Crippen LogP contribution is -2.54. The summed E-state index contributed by atoms with van der Waals surface area (Å²) in [7, 11) is 0. The third-order valence-corrected chi connectivity index (χ3v) is 3.00. The van der Waals surface area contributed by atoms with Crippen molar-refractivity contribution in [2.45, 2.75) is 26.3 Å². The first-order chi connectivity index (χ1) is 7.95. The molecule has 0 unspecified atom stereocenters. The van der Waals surface area contributed by atoms with Crippen LogP contribution in [-0.4, -0.2) is 18.0 Å². The summed E-state index contributed by atoms with van der Waals surface area (Å²) < 4.78 is 0. The van der Waals surface area contributed by atoms with Gasteiger partial charge in [0.05, 0.1) is 28.5 Å². The zero-order valence-electron chi connectivity index (χ0n) is 10.2. The number of hydrogen-bond acceptors (Lipinski definition) is 3. The van der Waals surface area contributed by atoms with E-state index < -0.39 is 0 Å². The summed E-state index contributed by atoms with van der Waals surface area (Å²) in [4.78, 5) is 13.5. The average molecular weight is 229 g/mol. The van der Waals surface area contributed by atoms with E-state index in [1.54, 1.807) is 24.0 Å². The fourth-order valence-electron chi connectivity index (χ4n) is 2.25. The minimum atomic E-state index is -0.257. The molecule has 0 bridgehead atoms. The number of hydrogen-bond donors (Lipinski definition) is 1. The van der Waals surface area contributed by atoms with Crippen LogP contribution in [0.2, 0.25) is 0 Å². The molecule has 1 aliphatic heterocycles. The van der Waals surface area contributed by atoms with Gasteiger partial charge >= 0.3 is 0 Å². The summed E-state index contributed by atoms with van der Waals surface area (Å²) >= 11 is 0. The van der Waals surface area contributed by atoms with Gasteiger partial charge in [-0.1, -0.05) is 0 Å². The largest absolute Gasteiger partial charge is 0.381 e. The van der Waals surface area contributed by atoms with Gasteiger partial charge in [0, 0.05) is 13.5 Å². The molecule has 0 radical (unpaired) electrons. The van der Waals surface area contributed by atoms with Gasteiger partial charge < -0.3 is 10.2 Å². The van der Waals surface area contributed by atoms with Gasteiger partial charge in [0.1, 0.15) is 0 Å². The van der Waals surface area contributed by atoms with Crippen LogP contribution in [0, 0.1) is 11.3 Å². The summed E-state index contributed by atoms with van der Waals surface area (Å²) in [6, 6.07) is 7.43. The summed E-state index contributed by atoms with van der Waals surface area (Å²) in [5.41, 5.74) is 2.03. The Morgan fingerprint density at radius 2 is 2.24 bits per heavy atom. The molecule has 0 saturated heterocycles. The van der Waals surface area contributed by atoms with E-state index in [-0.39, 0.29) is 11.4 Å². The van der Waals surface area contributed by atoms with Crippen molar-refractivity contribution in [3.8, 4) is 6.07 Å². The van der Waals surface area contributed by atoms with Crippen molar-refractivity contribution >= 4 is 17.3 Å². The predicted molar refractivity (Wildman–Crippen MR) is 66.9 cm³/mol. The number of benzene rings is 1. The fraction of sp³-hybridized carbons (Fsp3) is 0.385. The Labute approximate surface area is 101 Å². The Hall–Kier alpha value is -2.02. The van der Waals surface area contributed by atoms with E-state index in [2.05, 4.69) is 11.4 Å². The zero-order chi connectivity index (χ0) is 12.6. The van der Waals surface area contributed by atoms with Gasteiger partial charge in [0.15, 0.2) is 0 Å². The first kappa shape index (κ1) is 11.5. The average Bonchev–Trinajstić information content (AvgIpc) is 2.26. The molecule has 0 atom stereocenters. The maximum Gasteiger partial charge on any atom is 0.224 e. The molecule has 0 saturated carbocycles. The molecule has 0 spiro atoms. The van der Waals surface area contributed by atoms with Crippen LogP contribution in [0.4, 0.5) is 11.4 Å². The van der Waals surface area contributed by atoms with Crippen LogP contribution in [0.3, 0.4) is 0 Å². The van der Waals surface area contributed by atoms with Crippen LogP contribution >= 0.6 is 0 Å². The second kappa shape index (κ2) is 3.77. The number of anilines is 2. The molecule has 0 aliphatic carbocycles. The predicted octanol–water partition coefficient (Wildman–Crippen LogP) is 2.12. The Bertz CT molecular complexity index is 514. The van der Waals surface area contributed by atoms with E-state index in [9.17, 15) is 4.79 Å². The lowest BCUT2D eigenvalue weighted by molar-refractivity contribution is -0.117. The number of fused-ring (bicyclic) bond motifs is 1. The van der Waals surface area contributed by atoms with Crippen LogP contribution in [0.1, 0.15) is 26.3 Å². The maximum atomic E-state index is 11.8. The third-order valence-electron chi connectivity index (χ3n) is 3.00. The van der Waals surface area contributed by atoms with Crippen LogP contribution in [-0.2, 0) is 4.79 Å². The van der Waals surface area contributed by atoms with Crippen molar-refractivity contribution in [2.75, 3.05) is 16.8 Å². The van der Waals surface area contributed by atoms with Crippen LogP contribution in [0.5, 0.6) is 0 Å². The number of nitriles is 1. The number of nitrogens with one attached hydrogen (secondary N) is 1. The molecule has 1 amide bonds. The topological polar surface area (TPSA) is 56.1 Å². The first-order valence-corrected chi connectivity index (χ1v) is 5.54. The minimum Gasteiger partial charge on any atom is -0.381 e. The Kier molecular flexibility index (Phi) is 2.55. The van der Waals surface area contributed by atoms with Gasteiger partial charge in [0.2, 0.25) is 5.91 Å². The molecule has 0 aromatic heterocycles. The molecule has 2 rings (SSSR count). The highest BCUT2D eigenvalue weighted by Crippen LogP contribution is 2.36. The van der Waals surface area contributed by atoms with Crippen molar-refractivity contribution in [1.29, 1.82) is 5.26 Å². The highest BCUT2D eigenvalue weighted by Gasteiger charge is 2.35. The molecule has 1 heterocycles. The van der Waals surface area contributed by atoms with Crippen LogP contribution < -0.4 is 10.2 Å². The van der Waals surface area contributed by atoms with Crippen molar-refractivity contribution < 1.29 is 4.79 Å². The lowest BCUT2D eigenvalue weighted by atomic mass is 9.97.